The molecular weight excluding hydrogens is 154 g/mol. The van der Waals surface area contributed by atoms with Gasteiger partial charge in [0.25, 0.3) is 0 Å². The fraction of sp³-hybridized carbons (Fsp3) is 0.889. The van der Waals surface area contributed by atoms with Gasteiger partial charge in [-0.2, -0.15) is 0 Å². The summed E-state index contributed by atoms with van der Waals surface area (Å²) < 4.78 is 2.19. The summed E-state index contributed by atoms with van der Waals surface area (Å²) >= 11 is 4.42. The van der Waals surface area contributed by atoms with Crippen molar-refractivity contribution in [2.24, 2.45) is 5.92 Å². The van der Waals surface area contributed by atoms with Crippen LogP contribution in [0.25, 0.3) is 0 Å². The molecule has 1 nitrogen and oxygen atoms in total. The Balaban J connectivity index is 3.76. The molecule has 0 aromatic rings. The van der Waals surface area contributed by atoms with Gasteiger partial charge in [0.2, 0.25) is 5.04 Å². The third-order valence-electron chi connectivity index (χ3n) is 1.86. The fourth-order valence-corrected chi connectivity index (χ4v) is 1.06. The van der Waals surface area contributed by atoms with E-state index in [0.717, 1.165) is 18.9 Å². The van der Waals surface area contributed by atoms with Crippen LogP contribution in [0.2, 0.25) is 0 Å². The number of hydrogen-bond donors (Lipinski definition) is 1. The monoisotopic (exact) mass is 174 g/mol. The maximum Gasteiger partial charge on any atom is 0.207 e. The largest absolute Gasteiger partial charge is 0.231 e. The van der Waals surface area contributed by atoms with Crippen LogP contribution < -0.4 is 0 Å². The number of thiol groups is 1. The Bertz CT molecular complexity index is 138. The second-order valence-electron chi connectivity index (χ2n) is 3.36. The highest BCUT2D eigenvalue weighted by molar-refractivity contribution is 7.96. The van der Waals surface area contributed by atoms with E-state index >= 15 is 0 Å². The van der Waals surface area contributed by atoms with Gasteiger partial charge >= 0.3 is 0 Å². The van der Waals surface area contributed by atoms with Crippen molar-refractivity contribution in [3.05, 3.63) is 0 Å². The second-order valence-corrected chi connectivity index (χ2v) is 3.88. The van der Waals surface area contributed by atoms with Gasteiger partial charge in [0.05, 0.1) is 0 Å². The Kier molecular flexibility index (Phi) is 5.65. The molecule has 2 heteroatoms. The molecule has 0 spiro atoms. The van der Waals surface area contributed by atoms with Crippen LogP contribution in [0.15, 0.2) is 0 Å². The summed E-state index contributed by atoms with van der Waals surface area (Å²) in [5.41, 5.74) is 0. The number of rotatable bonds is 4. The zero-order valence-corrected chi connectivity index (χ0v) is 8.99. The van der Waals surface area contributed by atoms with Gasteiger partial charge in [-0.05, 0) is 19.3 Å². The molecule has 0 rings (SSSR count). The van der Waals surface area contributed by atoms with E-state index in [4.69, 9.17) is 0 Å². The molecule has 0 saturated carbocycles. The van der Waals surface area contributed by atoms with E-state index in [1.54, 1.807) is 0 Å². The first-order valence-corrected chi connectivity index (χ1v) is 4.78. The van der Waals surface area contributed by atoms with Crippen LogP contribution in [0.1, 0.15) is 33.6 Å². The third-order valence-corrected chi connectivity index (χ3v) is 2.43. The molecule has 0 aliphatic rings. The van der Waals surface area contributed by atoms with E-state index in [1.807, 2.05) is 0 Å². The van der Waals surface area contributed by atoms with Crippen LogP contribution >= 0.6 is 12.6 Å². The Morgan fingerprint density at radius 3 is 2.36 bits per heavy atom. The van der Waals surface area contributed by atoms with Crippen molar-refractivity contribution in [3.8, 4) is 0 Å². The molecule has 0 N–H and O–H groups in total. The van der Waals surface area contributed by atoms with E-state index in [2.05, 4.69) is 45.0 Å². The Hall–Kier alpha value is 0.0200. The first-order chi connectivity index (χ1) is 5.07. The topological polar surface area (TPSA) is 3.01 Å². The van der Waals surface area contributed by atoms with E-state index in [0.29, 0.717) is 0 Å². The Morgan fingerprint density at radius 2 is 2.00 bits per heavy atom. The molecule has 66 valence electrons. The smallest absolute Gasteiger partial charge is 0.207 e. The molecule has 0 fully saturated rings. The van der Waals surface area contributed by atoms with Gasteiger partial charge in [-0.25, -0.2) is 4.58 Å². The summed E-state index contributed by atoms with van der Waals surface area (Å²) in [5, 5.41) is 1.21. The van der Waals surface area contributed by atoms with Gasteiger partial charge in [0.1, 0.15) is 13.6 Å². The zero-order valence-electron chi connectivity index (χ0n) is 8.09. The van der Waals surface area contributed by atoms with Crippen molar-refractivity contribution in [2.45, 2.75) is 33.6 Å². The Labute approximate surface area is 75.9 Å². The van der Waals surface area contributed by atoms with Gasteiger partial charge in [-0.3, -0.25) is 0 Å². The molecule has 0 aliphatic carbocycles. The minimum atomic E-state index is 0.780. The van der Waals surface area contributed by atoms with Gasteiger partial charge in [0, 0.05) is 6.42 Å². The highest BCUT2D eigenvalue weighted by atomic mass is 32.1. The summed E-state index contributed by atoms with van der Waals surface area (Å²) in [4.78, 5) is 0. The molecule has 0 aliphatic heterocycles. The molecule has 0 heterocycles. The Morgan fingerprint density at radius 1 is 1.45 bits per heavy atom. The maximum absolute atomic E-state index is 4.42. The van der Waals surface area contributed by atoms with Crippen LogP contribution in [0, 0.1) is 5.92 Å². The molecule has 0 aromatic heterocycles. The van der Waals surface area contributed by atoms with E-state index in [-0.39, 0.29) is 0 Å². The van der Waals surface area contributed by atoms with E-state index < -0.39 is 0 Å². The van der Waals surface area contributed by atoms with Crippen molar-refractivity contribution >= 4 is 17.7 Å². The van der Waals surface area contributed by atoms with Crippen LogP contribution in [0.4, 0.5) is 0 Å². The SMILES string of the molecule is CC[N+](C)=C(S)CCC(C)C. The summed E-state index contributed by atoms with van der Waals surface area (Å²) in [6.07, 6.45) is 2.36. The van der Waals surface area contributed by atoms with Crippen LogP contribution in [0.5, 0.6) is 0 Å². The first kappa shape index (κ1) is 11.0. The minimum absolute atomic E-state index is 0.780. The molecule has 0 radical (unpaired) electrons. The number of nitrogens with zero attached hydrogens (tertiary/aromatic N) is 1. The van der Waals surface area contributed by atoms with Crippen LogP contribution in [-0.2, 0) is 0 Å². The average Bonchev–Trinajstić information content (AvgIpc) is 1.98. The average molecular weight is 174 g/mol. The normalized spacial score (nSPS) is 13.6. The van der Waals surface area contributed by atoms with E-state index in [1.165, 1.54) is 11.5 Å². The predicted octanol–water partition coefficient (Wildman–Crippen LogP) is 2.41. The summed E-state index contributed by atoms with van der Waals surface area (Å²) in [6.45, 7) is 7.68. The molecule has 0 atom stereocenters. The lowest BCUT2D eigenvalue weighted by atomic mass is 10.1. The van der Waals surface area contributed by atoms with Crippen molar-refractivity contribution in [1.82, 2.24) is 0 Å². The minimum Gasteiger partial charge on any atom is -0.231 e. The standard InChI is InChI=1S/C9H19NS/c1-5-10(4)9(11)7-6-8(2)3/h8H,5-7H2,1-4H3/p+1. The lowest BCUT2D eigenvalue weighted by Crippen LogP contribution is -2.12. The summed E-state index contributed by atoms with van der Waals surface area (Å²) in [6, 6.07) is 0. The second kappa shape index (κ2) is 5.64. The van der Waals surface area contributed by atoms with Crippen molar-refractivity contribution in [1.29, 1.82) is 0 Å². The maximum atomic E-state index is 4.42. The van der Waals surface area contributed by atoms with Gasteiger partial charge < -0.3 is 0 Å². The van der Waals surface area contributed by atoms with Crippen molar-refractivity contribution in [2.75, 3.05) is 13.6 Å². The summed E-state index contributed by atoms with van der Waals surface area (Å²) in [5.74, 6) is 0.780. The van der Waals surface area contributed by atoms with Crippen molar-refractivity contribution < 1.29 is 4.58 Å². The lowest BCUT2D eigenvalue weighted by molar-refractivity contribution is -0.491. The molecule has 0 bridgehead atoms. The summed E-state index contributed by atoms with van der Waals surface area (Å²) in [7, 11) is 2.09. The first-order valence-electron chi connectivity index (χ1n) is 4.33. The lowest BCUT2D eigenvalue weighted by Gasteiger charge is -2.02. The van der Waals surface area contributed by atoms with Crippen LogP contribution in [0.3, 0.4) is 0 Å². The molecule has 0 saturated heterocycles. The van der Waals surface area contributed by atoms with E-state index in [9.17, 15) is 0 Å². The molecule has 0 aromatic carbocycles. The fourth-order valence-electron chi connectivity index (χ4n) is 0.791. The molecular formula is C9H20NS+. The number of hydrogen-bond acceptors (Lipinski definition) is 0. The third kappa shape index (κ3) is 5.31. The van der Waals surface area contributed by atoms with Crippen molar-refractivity contribution in [3.63, 3.8) is 0 Å². The van der Waals surface area contributed by atoms with Gasteiger partial charge in [-0.1, -0.05) is 26.5 Å². The van der Waals surface area contributed by atoms with Gasteiger partial charge in [0.15, 0.2) is 0 Å². The van der Waals surface area contributed by atoms with Crippen LogP contribution in [-0.4, -0.2) is 23.2 Å². The quantitative estimate of drug-likeness (QED) is 0.288. The van der Waals surface area contributed by atoms with Gasteiger partial charge in [-0.15, -0.1) is 0 Å². The molecule has 0 amide bonds. The molecule has 11 heavy (non-hydrogen) atoms. The molecule has 0 unspecified atom stereocenters. The highest BCUT2D eigenvalue weighted by Gasteiger charge is 2.04. The highest BCUT2D eigenvalue weighted by Crippen LogP contribution is 2.05. The predicted molar refractivity (Wildman–Crippen MR) is 54.8 cm³/mol. The zero-order chi connectivity index (χ0) is 8.85.